The Morgan fingerprint density at radius 3 is 2.83 bits per heavy atom. The summed E-state index contributed by atoms with van der Waals surface area (Å²) >= 11 is 7.91. The van der Waals surface area contributed by atoms with Crippen molar-refractivity contribution in [2.75, 3.05) is 6.67 Å². The molecule has 1 aromatic rings. The summed E-state index contributed by atoms with van der Waals surface area (Å²) in [5.74, 6) is -0.310. The maximum Gasteiger partial charge on any atom is 0.0963 e. The van der Waals surface area contributed by atoms with Crippen LogP contribution in [0.3, 0.4) is 0 Å². The van der Waals surface area contributed by atoms with Gasteiger partial charge in [-0.15, -0.1) is 0 Å². The number of hydrogen-bond acceptors (Lipinski definition) is 0. The topological polar surface area (TPSA) is 0 Å². The van der Waals surface area contributed by atoms with Gasteiger partial charge in [-0.05, 0) is 53.3 Å². The number of benzene rings is 1. The molecule has 0 aromatic heterocycles. The van der Waals surface area contributed by atoms with E-state index >= 15 is 0 Å². The molecule has 0 aliphatic rings. The molecular formula is C9H8ClFI. The molecule has 0 N–H and O–H groups in total. The van der Waals surface area contributed by atoms with Crippen LogP contribution in [0.25, 0.3) is 0 Å². The van der Waals surface area contributed by atoms with Gasteiger partial charge in [0.15, 0.2) is 0 Å². The largest absolute Gasteiger partial charge is 0.250 e. The fourth-order valence-electron chi connectivity index (χ4n) is 0.911. The SMILES string of the molecule is [CH2]C(CF)c1cc(Cl)ccc1I. The lowest BCUT2D eigenvalue weighted by molar-refractivity contribution is 0.464. The minimum Gasteiger partial charge on any atom is -0.250 e. The van der Waals surface area contributed by atoms with Crippen LogP contribution in [0.15, 0.2) is 18.2 Å². The fraction of sp³-hybridized carbons (Fsp3) is 0.222. The van der Waals surface area contributed by atoms with Gasteiger partial charge in [0.1, 0.15) is 0 Å². The average molecular weight is 298 g/mol. The molecule has 0 nitrogen and oxygen atoms in total. The van der Waals surface area contributed by atoms with Crippen LogP contribution in [0.5, 0.6) is 0 Å². The molecule has 1 atom stereocenters. The Balaban J connectivity index is 3.04. The molecule has 1 aromatic carbocycles. The van der Waals surface area contributed by atoms with E-state index in [0.717, 1.165) is 9.13 Å². The van der Waals surface area contributed by atoms with Crippen LogP contribution in [0.1, 0.15) is 11.5 Å². The predicted molar refractivity (Wildman–Crippen MR) is 58.2 cm³/mol. The standard InChI is InChI=1S/C9H8ClFI/c1-6(5-11)8-4-7(10)2-3-9(8)12/h2-4,6H,1,5H2. The highest BCUT2D eigenvalue weighted by Crippen LogP contribution is 2.24. The summed E-state index contributed by atoms with van der Waals surface area (Å²) in [4.78, 5) is 0. The Kier molecular flexibility index (Phi) is 3.77. The second-order valence-electron chi connectivity index (χ2n) is 2.52. The number of alkyl halides is 1. The van der Waals surface area contributed by atoms with Crippen LogP contribution in [0, 0.1) is 10.5 Å². The van der Waals surface area contributed by atoms with Crippen LogP contribution in [-0.4, -0.2) is 6.67 Å². The molecule has 12 heavy (non-hydrogen) atoms. The van der Waals surface area contributed by atoms with Gasteiger partial charge in [0.2, 0.25) is 0 Å². The Labute approximate surface area is 90.3 Å². The summed E-state index contributed by atoms with van der Waals surface area (Å²) in [7, 11) is 0. The van der Waals surface area contributed by atoms with Gasteiger partial charge in [0, 0.05) is 14.5 Å². The first kappa shape index (κ1) is 10.3. The molecule has 0 saturated carbocycles. The first-order chi connectivity index (χ1) is 5.65. The van der Waals surface area contributed by atoms with E-state index in [4.69, 9.17) is 11.6 Å². The second-order valence-corrected chi connectivity index (χ2v) is 4.12. The van der Waals surface area contributed by atoms with E-state index in [0.29, 0.717) is 5.02 Å². The lowest BCUT2D eigenvalue weighted by Gasteiger charge is -2.09. The van der Waals surface area contributed by atoms with Gasteiger partial charge in [0.05, 0.1) is 6.67 Å². The number of rotatable bonds is 2. The van der Waals surface area contributed by atoms with Crippen molar-refractivity contribution in [2.24, 2.45) is 0 Å². The van der Waals surface area contributed by atoms with Crippen molar-refractivity contribution in [3.8, 4) is 0 Å². The number of halogens is 3. The molecule has 3 heteroatoms. The normalized spacial score (nSPS) is 13.0. The highest BCUT2D eigenvalue weighted by atomic mass is 127. The molecule has 0 aliphatic heterocycles. The molecule has 1 rings (SSSR count). The van der Waals surface area contributed by atoms with Crippen LogP contribution in [0.2, 0.25) is 5.02 Å². The van der Waals surface area contributed by atoms with Crippen molar-refractivity contribution in [3.05, 3.63) is 39.3 Å². The van der Waals surface area contributed by atoms with E-state index in [2.05, 4.69) is 29.5 Å². The second kappa shape index (κ2) is 4.42. The molecule has 0 saturated heterocycles. The van der Waals surface area contributed by atoms with Gasteiger partial charge in [-0.25, -0.2) is 0 Å². The van der Waals surface area contributed by atoms with Crippen molar-refractivity contribution in [2.45, 2.75) is 5.92 Å². The first-order valence-electron chi connectivity index (χ1n) is 3.49. The zero-order valence-electron chi connectivity index (χ0n) is 6.36. The monoisotopic (exact) mass is 297 g/mol. The van der Waals surface area contributed by atoms with Crippen LogP contribution < -0.4 is 0 Å². The van der Waals surface area contributed by atoms with Gasteiger partial charge in [-0.2, -0.15) is 0 Å². The average Bonchev–Trinajstić information content (AvgIpc) is 2.08. The van der Waals surface area contributed by atoms with Gasteiger partial charge in [-0.1, -0.05) is 11.6 Å². The third kappa shape index (κ3) is 2.33. The molecule has 65 valence electrons. The summed E-state index contributed by atoms with van der Waals surface area (Å²) in [6, 6.07) is 5.42. The lowest BCUT2D eigenvalue weighted by atomic mass is 10.0. The highest BCUT2D eigenvalue weighted by molar-refractivity contribution is 14.1. The zero-order valence-corrected chi connectivity index (χ0v) is 9.27. The predicted octanol–water partition coefficient (Wildman–Crippen LogP) is 3.83. The van der Waals surface area contributed by atoms with E-state index in [1.807, 2.05) is 6.07 Å². The van der Waals surface area contributed by atoms with Crippen molar-refractivity contribution in [1.82, 2.24) is 0 Å². The molecule has 0 aliphatic carbocycles. The molecule has 0 heterocycles. The first-order valence-corrected chi connectivity index (χ1v) is 4.95. The summed E-state index contributed by atoms with van der Waals surface area (Å²) in [5.41, 5.74) is 0.880. The summed E-state index contributed by atoms with van der Waals surface area (Å²) in [5, 5.41) is 0.632. The molecule has 0 fully saturated rings. The molecule has 0 bridgehead atoms. The summed E-state index contributed by atoms with van der Waals surface area (Å²) in [6.45, 7) is 3.24. The maximum absolute atomic E-state index is 12.3. The highest BCUT2D eigenvalue weighted by Gasteiger charge is 2.08. The zero-order chi connectivity index (χ0) is 9.14. The maximum atomic E-state index is 12.3. The summed E-state index contributed by atoms with van der Waals surface area (Å²) in [6.07, 6.45) is 0. The quantitative estimate of drug-likeness (QED) is 0.728. The van der Waals surface area contributed by atoms with E-state index in [9.17, 15) is 4.39 Å². The summed E-state index contributed by atoms with van der Waals surface area (Å²) < 4.78 is 13.3. The van der Waals surface area contributed by atoms with E-state index in [1.165, 1.54) is 0 Å². The van der Waals surface area contributed by atoms with Gasteiger partial charge in [0.25, 0.3) is 0 Å². The fourth-order valence-corrected chi connectivity index (χ4v) is 1.87. The Morgan fingerprint density at radius 1 is 1.58 bits per heavy atom. The van der Waals surface area contributed by atoms with Crippen LogP contribution >= 0.6 is 34.2 Å². The van der Waals surface area contributed by atoms with Gasteiger partial charge in [-0.3, -0.25) is 4.39 Å². The third-order valence-corrected chi connectivity index (χ3v) is 2.80. The molecule has 0 amide bonds. The van der Waals surface area contributed by atoms with Crippen LogP contribution in [-0.2, 0) is 0 Å². The Morgan fingerprint density at radius 2 is 2.25 bits per heavy atom. The van der Waals surface area contributed by atoms with Gasteiger partial charge < -0.3 is 0 Å². The minimum absolute atomic E-state index is 0.310. The van der Waals surface area contributed by atoms with Crippen molar-refractivity contribution in [3.63, 3.8) is 0 Å². The van der Waals surface area contributed by atoms with E-state index in [1.54, 1.807) is 12.1 Å². The van der Waals surface area contributed by atoms with Gasteiger partial charge >= 0.3 is 0 Å². The minimum atomic E-state index is -0.448. The number of hydrogen-bond donors (Lipinski definition) is 0. The smallest absolute Gasteiger partial charge is 0.0963 e. The third-order valence-electron chi connectivity index (χ3n) is 1.58. The lowest BCUT2D eigenvalue weighted by Crippen LogP contribution is -1.98. The molecule has 1 radical (unpaired) electrons. The van der Waals surface area contributed by atoms with E-state index in [-0.39, 0.29) is 5.92 Å². The van der Waals surface area contributed by atoms with Crippen molar-refractivity contribution < 1.29 is 4.39 Å². The van der Waals surface area contributed by atoms with Crippen LogP contribution in [0.4, 0.5) is 4.39 Å². The molecule has 0 spiro atoms. The van der Waals surface area contributed by atoms with Crippen molar-refractivity contribution >= 4 is 34.2 Å². The Bertz CT molecular complexity index is 275. The molecular weight excluding hydrogens is 289 g/mol. The van der Waals surface area contributed by atoms with Crippen molar-refractivity contribution in [1.29, 1.82) is 0 Å². The molecule has 1 unspecified atom stereocenters. The Hall–Kier alpha value is 0.170. The van der Waals surface area contributed by atoms with E-state index < -0.39 is 6.67 Å².